The average Bonchev–Trinajstić information content (AvgIpc) is 3.29. The first-order valence-electron chi connectivity index (χ1n) is 9.70. The summed E-state index contributed by atoms with van der Waals surface area (Å²) in [5, 5.41) is 3.05. The average molecular weight is 455 g/mol. The van der Waals surface area contributed by atoms with Crippen molar-refractivity contribution in [1.82, 2.24) is 14.2 Å². The van der Waals surface area contributed by atoms with Gasteiger partial charge in [0.25, 0.3) is 5.91 Å². The molecule has 0 aliphatic carbocycles. The quantitative estimate of drug-likeness (QED) is 0.710. The zero-order valence-corrected chi connectivity index (χ0v) is 18.3. The summed E-state index contributed by atoms with van der Waals surface area (Å²) < 4.78 is 27.5. The van der Waals surface area contributed by atoms with Crippen LogP contribution in [-0.4, -0.2) is 67.8 Å². The maximum Gasteiger partial charge on any atom is 0.254 e. The molecule has 156 valence electrons. The first-order chi connectivity index (χ1) is 14.0. The van der Waals surface area contributed by atoms with E-state index in [0.717, 1.165) is 24.4 Å². The molecule has 2 fully saturated rings. The number of carbonyl (C=O) groups excluding carboxylic acids is 1. The Labute approximate surface area is 179 Å². The van der Waals surface area contributed by atoms with Crippen LogP contribution in [0.2, 0.25) is 5.02 Å². The van der Waals surface area contributed by atoms with Gasteiger partial charge in [0, 0.05) is 56.4 Å². The third kappa shape index (κ3) is 4.28. The number of amides is 1. The Bertz CT molecular complexity index is 967. The number of hydrogen-bond acceptors (Lipinski definition) is 6. The number of benzene rings is 1. The normalized spacial score (nSPS) is 18.8. The molecule has 0 spiro atoms. The van der Waals surface area contributed by atoms with Crippen molar-refractivity contribution < 1.29 is 13.2 Å². The summed E-state index contributed by atoms with van der Waals surface area (Å²) in [6.07, 6.45) is 4.50. The highest BCUT2D eigenvalue weighted by Gasteiger charge is 2.30. The number of piperidine rings is 1. The summed E-state index contributed by atoms with van der Waals surface area (Å²) in [4.78, 5) is 21.2. The van der Waals surface area contributed by atoms with Gasteiger partial charge < -0.3 is 9.80 Å². The number of hydrogen-bond donors (Lipinski definition) is 0. The number of halogens is 1. The number of rotatable bonds is 4. The molecule has 3 heterocycles. The van der Waals surface area contributed by atoms with Gasteiger partial charge in [-0.05, 0) is 31.0 Å². The van der Waals surface area contributed by atoms with Crippen molar-refractivity contribution in [3.8, 4) is 0 Å². The molecule has 2 aromatic rings. The Morgan fingerprint density at radius 2 is 1.76 bits per heavy atom. The smallest absolute Gasteiger partial charge is 0.254 e. The van der Waals surface area contributed by atoms with Crippen LogP contribution in [0.25, 0.3) is 0 Å². The number of piperazine rings is 1. The summed E-state index contributed by atoms with van der Waals surface area (Å²) in [5.41, 5.74) is 0.354. The minimum Gasteiger partial charge on any atom is -0.345 e. The minimum absolute atomic E-state index is 0.0216. The van der Waals surface area contributed by atoms with Gasteiger partial charge in [0.15, 0.2) is 5.13 Å². The highest BCUT2D eigenvalue weighted by Crippen LogP contribution is 2.28. The van der Waals surface area contributed by atoms with Crippen molar-refractivity contribution in [2.24, 2.45) is 0 Å². The van der Waals surface area contributed by atoms with Crippen LogP contribution >= 0.6 is 22.9 Å². The predicted octanol–water partition coefficient (Wildman–Crippen LogP) is 2.93. The van der Waals surface area contributed by atoms with Crippen molar-refractivity contribution in [3.05, 3.63) is 40.4 Å². The van der Waals surface area contributed by atoms with Crippen molar-refractivity contribution >= 4 is 44.0 Å². The molecule has 1 aromatic carbocycles. The Kier molecular flexibility index (Phi) is 6.10. The SMILES string of the molecule is O=C(c1ccc(Cl)c(S(=O)(=O)N2CCCCC2)c1)N1CCN(c2nccs2)CC1. The molecule has 2 aliphatic heterocycles. The summed E-state index contributed by atoms with van der Waals surface area (Å²) in [7, 11) is -3.70. The van der Waals surface area contributed by atoms with E-state index in [1.165, 1.54) is 16.4 Å². The Hall–Kier alpha value is -1.68. The van der Waals surface area contributed by atoms with Crippen LogP contribution in [0.5, 0.6) is 0 Å². The molecule has 0 atom stereocenters. The van der Waals surface area contributed by atoms with E-state index >= 15 is 0 Å². The Morgan fingerprint density at radius 3 is 2.41 bits per heavy atom. The number of thiazole rings is 1. The standard InChI is InChI=1S/C19H23ClN4O3S2/c20-16-5-4-15(14-17(16)29(26,27)24-7-2-1-3-8-24)18(25)22-9-11-23(12-10-22)19-21-6-13-28-19/h4-6,13-14H,1-3,7-12H2. The predicted molar refractivity (Wildman–Crippen MR) is 114 cm³/mol. The zero-order chi connectivity index (χ0) is 20.4. The monoisotopic (exact) mass is 454 g/mol. The highest BCUT2D eigenvalue weighted by atomic mass is 35.5. The number of sulfonamides is 1. The van der Waals surface area contributed by atoms with Crippen LogP contribution in [0.3, 0.4) is 0 Å². The van der Waals surface area contributed by atoms with Crippen LogP contribution in [0.15, 0.2) is 34.7 Å². The molecule has 0 N–H and O–H groups in total. The van der Waals surface area contributed by atoms with Crippen molar-refractivity contribution in [2.75, 3.05) is 44.2 Å². The van der Waals surface area contributed by atoms with Gasteiger partial charge in [-0.3, -0.25) is 4.79 Å². The third-order valence-electron chi connectivity index (χ3n) is 5.37. The molecule has 7 nitrogen and oxygen atoms in total. The van der Waals surface area contributed by atoms with Gasteiger partial charge in [-0.15, -0.1) is 11.3 Å². The van der Waals surface area contributed by atoms with Gasteiger partial charge in [0.2, 0.25) is 10.0 Å². The molecule has 4 rings (SSSR count). The summed E-state index contributed by atoms with van der Waals surface area (Å²) >= 11 is 7.80. The van der Waals surface area contributed by atoms with Gasteiger partial charge >= 0.3 is 0 Å². The lowest BCUT2D eigenvalue weighted by Gasteiger charge is -2.34. The van der Waals surface area contributed by atoms with E-state index in [1.807, 2.05) is 5.38 Å². The van der Waals surface area contributed by atoms with E-state index in [-0.39, 0.29) is 15.8 Å². The third-order valence-corrected chi connectivity index (χ3v) is 8.58. The second-order valence-electron chi connectivity index (χ2n) is 7.20. The summed E-state index contributed by atoms with van der Waals surface area (Å²) in [5.74, 6) is -0.171. The Balaban J connectivity index is 1.50. The van der Waals surface area contributed by atoms with E-state index in [0.29, 0.717) is 44.8 Å². The summed E-state index contributed by atoms with van der Waals surface area (Å²) in [6, 6.07) is 4.55. The highest BCUT2D eigenvalue weighted by molar-refractivity contribution is 7.89. The lowest BCUT2D eigenvalue weighted by molar-refractivity contribution is 0.0746. The molecule has 29 heavy (non-hydrogen) atoms. The molecule has 1 amide bonds. The first kappa shape index (κ1) is 20.6. The zero-order valence-electron chi connectivity index (χ0n) is 16.0. The van der Waals surface area contributed by atoms with E-state index in [9.17, 15) is 13.2 Å². The van der Waals surface area contributed by atoms with Gasteiger partial charge in [0.05, 0.1) is 5.02 Å². The van der Waals surface area contributed by atoms with Gasteiger partial charge in [-0.25, -0.2) is 13.4 Å². The number of aromatic nitrogens is 1. The fourth-order valence-corrected chi connectivity index (χ4v) is 6.45. The van der Waals surface area contributed by atoms with Crippen LogP contribution in [0.4, 0.5) is 5.13 Å². The number of anilines is 1. The topological polar surface area (TPSA) is 73.8 Å². The largest absolute Gasteiger partial charge is 0.345 e. The maximum atomic E-state index is 13.0. The Morgan fingerprint density at radius 1 is 1.03 bits per heavy atom. The number of nitrogens with zero attached hydrogens (tertiary/aromatic N) is 4. The molecular weight excluding hydrogens is 432 g/mol. The van der Waals surface area contributed by atoms with Crippen LogP contribution in [-0.2, 0) is 10.0 Å². The van der Waals surface area contributed by atoms with E-state index < -0.39 is 10.0 Å². The van der Waals surface area contributed by atoms with Gasteiger partial charge in [-0.2, -0.15) is 4.31 Å². The molecule has 0 bridgehead atoms. The van der Waals surface area contributed by atoms with Gasteiger partial charge in [-0.1, -0.05) is 18.0 Å². The second kappa shape index (κ2) is 8.59. The van der Waals surface area contributed by atoms with Crippen LogP contribution < -0.4 is 4.90 Å². The lowest BCUT2D eigenvalue weighted by atomic mass is 10.2. The van der Waals surface area contributed by atoms with E-state index in [1.54, 1.807) is 28.5 Å². The van der Waals surface area contributed by atoms with Crippen LogP contribution in [0, 0.1) is 0 Å². The molecule has 1 aromatic heterocycles. The van der Waals surface area contributed by atoms with Gasteiger partial charge in [0.1, 0.15) is 4.90 Å². The molecule has 2 aliphatic rings. The molecule has 0 unspecified atom stereocenters. The van der Waals surface area contributed by atoms with Crippen LogP contribution in [0.1, 0.15) is 29.6 Å². The van der Waals surface area contributed by atoms with Crippen molar-refractivity contribution in [3.63, 3.8) is 0 Å². The van der Waals surface area contributed by atoms with Crippen molar-refractivity contribution in [2.45, 2.75) is 24.2 Å². The molecule has 0 saturated carbocycles. The van der Waals surface area contributed by atoms with Crippen molar-refractivity contribution in [1.29, 1.82) is 0 Å². The van der Waals surface area contributed by atoms with E-state index in [4.69, 9.17) is 11.6 Å². The summed E-state index contributed by atoms with van der Waals surface area (Å²) in [6.45, 7) is 3.52. The second-order valence-corrected chi connectivity index (χ2v) is 10.4. The fourth-order valence-electron chi connectivity index (χ4n) is 3.73. The number of carbonyl (C=O) groups is 1. The first-order valence-corrected chi connectivity index (χ1v) is 12.4. The lowest BCUT2D eigenvalue weighted by Crippen LogP contribution is -2.48. The van der Waals surface area contributed by atoms with E-state index in [2.05, 4.69) is 9.88 Å². The fraction of sp³-hybridized carbons (Fsp3) is 0.474. The minimum atomic E-state index is -3.70. The molecule has 10 heteroatoms. The maximum absolute atomic E-state index is 13.0. The molecule has 0 radical (unpaired) electrons. The molecule has 2 saturated heterocycles. The molecular formula is C19H23ClN4O3S2.